The number of nitrogens with zero attached hydrogens (tertiary/aromatic N) is 1. The molecule has 1 aromatic carbocycles. The highest BCUT2D eigenvalue weighted by Crippen LogP contribution is 2.34. The summed E-state index contributed by atoms with van der Waals surface area (Å²) in [7, 11) is -3.53. The minimum absolute atomic E-state index is 0.0268. The van der Waals surface area contributed by atoms with Crippen LogP contribution in [-0.2, 0) is 16.3 Å². The van der Waals surface area contributed by atoms with E-state index in [4.69, 9.17) is 11.5 Å². The maximum atomic E-state index is 12.1. The zero-order chi connectivity index (χ0) is 15.8. The molecule has 0 saturated heterocycles. The molecule has 1 unspecified atom stereocenters. The van der Waals surface area contributed by atoms with Gasteiger partial charge in [0.15, 0.2) is 15.8 Å². The van der Waals surface area contributed by atoms with Crippen molar-refractivity contribution in [1.82, 2.24) is 0 Å². The predicted molar refractivity (Wildman–Crippen MR) is 80.7 cm³/mol. The molecule has 2 rings (SSSR count). The summed E-state index contributed by atoms with van der Waals surface area (Å²) in [5.41, 5.74) is 12.1. The van der Waals surface area contributed by atoms with Gasteiger partial charge in [-0.2, -0.15) is 4.99 Å². The molecule has 0 saturated carbocycles. The number of aliphatic imine (C=N–C) groups is 1. The Bertz CT molecular complexity index is 760. The molecule has 0 aromatic heterocycles. The summed E-state index contributed by atoms with van der Waals surface area (Å²) in [5.74, 6) is -1.01. The average Bonchev–Trinajstić information content (AvgIpc) is 2.41. The maximum absolute atomic E-state index is 12.1. The van der Waals surface area contributed by atoms with Crippen LogP contribution in [0.15, 0.2) is 33.5 Å². The fourth-order valence-electron chi connectivity index (χ4n) is 2.31. The van der Waals surface area contributed by atoms with Gasteiger partial charge < -0.3 is 11.5 Å². The van der Waals surface area contributed by atoms with Crippen molar-refractivity contribution in [1.29, 1.82) is 0 Å². The summed E-state index contributed by atoms with van der Waals surface area (Å²) in [4.78, 5) is 15.7. The van der Waals surface area contributed by atoms with Gasteiger partial charge in [0.25, 0.3) is 5.91 Å². The molecule has 1 aliphatic heterocycles. The summed E-state index contributed by atoms with van der Waals surface area (Å²) in [5, 5.41) is 1.17. The van der Waals surface area contributed by atoms with Crippen LogP contribution in [0.25, 0.3) is 0 Å². The van der Waals surface area contributed by atoms with E-state index in [0.29, 0.717) is 12.0 Å². The van der Waals surface area contributed by atoms with Gasteiger partial charge >= 0.3 is 0 Å². The Balaban J connectivity index is 2.71. The number of hydrogen-bond acceptors (Lipinski definition) is 3. The first-order valence-electron chi connectivity index (χ1n) is 6.50. The number of hydrogen-bond donors (Lipinski definition) is 2. The van der Waals surface area contributed by atoms with E-state index in [1.807, 2.05) is 13.8 Å². The molecule has 0 radical (unpaired) electrons. The minimum atomic E-state index is -3.53. The predicted octanol–water partition coefficient (Wildman–Crippen LogP) is 1.07. The highest BCUT2D eigenvalue weighted by Gasteiger charge is 2.26. The molecule has 0 spiro atoms. The summed E-state index contributed by atoms with van der Waals surface area (Å²) < 4.78 is 24.3. The zero-order valence-corrected chi connectivity index (χ0v) is 12.6. The number of carbonyl (C=O) groups excluding carboxylic acids is 1. The number of amides is 1. The van der Waals surface area contributed by atoms with E-state index in [2.05, 4.69) is 4.99 Å². The van der Waals surface area contributed by atoms with Crippen LogP contribution in [0.5, 0.6) is 0 Å². The first-order valence-corrected chi connectivity index (χ1v) is 8.05. The Morgan fingerprint density at radius 3 is 2.57 bits per heavy atom. The topological polar surface area (TPSA) is 116 Å². The van der Waals surface area contributed by atoms with Crippen molar-refractivity contribution in [2.24, 2.45) is 16.5 Å². The monoisotopic (exact) mass is 307 g/mol. The van der Waals surface area contributed by atoms with E-state index in [1.165, 1.54) is 11.5 Å². The van der Waals surface area contributed by atoms with Crippen molar-refractivity contribution in [3.63, 3.8) is 0 Å². The first-order chi connectivity index (χ1) is 9.76. The number of nitrogens with two attached hydrogens (primary N) is 2. The van der Waals surface area contributed by atoms with Crippen LogP contribution < -0.4 is 11.5 Å². The number of benzene rings is 1. The lowest BCUT2D eigenvalue weighted by molar-refractivity contribution is 0.100. The van der Waals surface area contributed by atoms with Crippen LogP contribution in [0.2, 0.25) is 0 Å². The standard InChI is InChI=1S/C14H17N3O3S/c1-3-9-6-10-8(2)4-5-21(19,20)12(10)7-11(9)13(18)17-14(15)16/h4-8H,3H2,1-2H3,(H4,15,16,17,18). The van der Waals surface area contributed by atoms with Crippen molar-refractivity contribution in [3.8, 4) is 0 Å². The molecular formula is C14H17N3O3S. The van der Waals surface area contributed by atoms with Crippen molar-refractivity contribution >= 4 is 21.7 Å². The number of fused-ring (bicyclic) bond motifs is 1. The molecule has 1 aliphatic rings. The Kier molecular flexibility index (Phi) is 3.87. The molecular weight excluding hydrogens is 290 g/mol. The summed E-state index contributed by atoms with van der Waals surface area (Å²) in [6, 6.07) is 3.12. The first kappa shape index (κ1) is 15.2. The van der Waals surface area contributed by atoms with Crippen molar-refractivity contribution < 1.29 is 13.2 Å². The minimum Gasteiger partial charge on any atom is -0.370 e. The number of aryl methyl sites for hydroxylation is 1. The fourth-order valence-corrected chi connectivity index (χ4v) is 3.76. The average molecular weight is 307 g/mol. The molecule has 21 heavy (non-hydrogen) atoms. The van der Waals surface area contributed by atoms with Gasteiger partial charge in [-0.3, -0.25) is 4.79 Å². The Morgan fingerprint density at radius 1 is 1.33 bits per heavy atom. The largest absolute Gasteiger partial charge is 0.370 e. The molecule has 0 aliphatic carbocycles. The number of guanidine groups is 1. The lowest BCUT2D eigenvalue weighted by Gasteiger charge is -2.20. The van der Waals surface area contributed by atoms with Gasteiger partial charge in [0, 0.05) is 16.9 Å². The second-order valence-corrected chi connectivity index (χ2v) is 6.71. The van der Waals surface area contributed by atoms with Crippen molar-refractivity contribution in [2.45, 2.75) is 31.1 Å². The van der Waals surface area contributed by atoms with E-state index in [1.54, 1.807) is 12.1 Å². The SMILES string of the molecule is CCc1cc2c(cc1C(=O)N=C(N)N)S(=O)(=O)C=CC2C. The smallest absolute Gasteiger partial charge is 0.280 e. The van der Waals surface area contributed by atoms with Crippen LogP contribution >= 0.6 is 0 Å². The zero-order valence-electron chi connectivity index (χ0n) is 11.8. The van der Waals surface area contributed by atoms with Crippen LogP contribution in [0.3, 0.4) is 0 Å². The summed E-state index contributed by atoms with van der Waals surface area (Å²) in [6.45, 7) is 3.78. The van der Waals surface area contributed by atoms with Crippen LogP contribution in [0.4, 0.5) is 0 Å². The second-order valence-electron chi connectivity index (χ2n) is 4.90. The Morgan fingerprint density at radius 2 is 2.00 bits per heavy atom. The van der Waals surface area contributed by atoms with Gasteiger partial charge in [-0.1, -0.05) is 26.0 Å². The molecule has 4 N–H and O–H groups in total. The Labute approximate surface area is 123 Å². The molecule has 0 fully saturated rings. The van der Waals surface area contributed by atoms with Crippen LogP contribution in [0.1, 0.15) is 41.3 Å². The normalized spacial score (nSPS) is 18.9. The lowest BCUT2D eigenvalue weighted by Crippen LogP contribution is -2.24. The highest BCUT2D eigenvalue weighted by atomic mass is 32.2. The third-order valence-electron chi connectivity index (χ3n) is 3.42. The van der Waals surface area contributed by atoms with E-state index in [-0.39, 0.29) is 22.3 Å². The molecule has 7 heteroatoms. The van der Waals surface area contributed by atoms with E-state index in [0.717, 1.165) is 5.56 Å². The van der Waals surface area contributed by atoms with Gasteiger partial charge in [-0.15, -0.1) is 0 Å². The third kappa shape index (κ3) is 2.82. The quantitative estimate of drug-likeness (QED) is 0.626. The molecule has 0 bridgehead atoms. The molecule has 1 heterocycles. The van der Waals surface area contributed by atoms with Gasteiger partial charge in [-0.25, -0.2) is 8.42 Å². The highest BCUT2D eigenvalue weighted by molar-refractivity contribution is 7.94. The number of rotatable bonds is 2. The third-order valence-corrected chi connectivity index (χ3v) is 4.90. The Hall–Kier alpha value is -2.15. The summed E-state index contributed by atoms with van der Waals surface area (Å²) in [6.07, 6.45) is 2.21. The molecule has 1 atom stereocenters. The lowest BCUT2D eigenvalue weighted by atomic mass is 9.94. The van der Waals surface area contributed by atoms with Gasteiger partial charge in [0.1, 0.15) is 0 Å². The van der Waals surface area contributed by atoms with E-state index in [9.17, 15) is 13.2 Å². The maximum Gasteiger partial charge on any atom is 0.280 e. The van der Waals surface area contributed by atoms with E-state index >= 15 is 0 Å². The molecule has 112 valence electrons. The van der Waals surface area contributed by atoms with Gasteiger partial charge in [0.05, 0.1) is 4.90 Å². The summed E-state index contributed by atoms with van der Waals surface area (Å²) >= 11 is 0. The molecule has 1 aromatic rings. The van der Waals surface area contributed by atoms with Gasteiger partial charge in [0.2, 0.25) is 0 Å². The second kappa shape index (κ2) is 5.33. The van der Waals surface area contributed by atoms with E-state index < -0.39 is 15.7 Å². The van der Waals surface area contributed by atoms with Crippen molar-refractivity contribution in [2.75, 3.05) is 0 Å². The molecule has 6 nitrogen and oxygen atoms in total. The number of allylic oxidation sites excluding steroid dienone is 1. The number of carbonyl (C=O) groups is 1. The number of sulfone groups is 1. The van der Waals surface area contributed by atoms with Crippen molar-refractivity contribution in [3.05, 3.63) is 40.3 Å². The van der Waals surface area contributed by atoms with Crippen LogP contribution in [0, 0.1) is 0 Å². The van der Waals surface area contributed by atoms with Crippen LogP contribution in [-0.4, -0.2) is 20.3 Å². The fraction of sp³-hybridized carbons (Fsp3) is 0.286. The molecule has 1 amide bonds. The van der Waals surface area contributed by atoms with Gasteiger partial charge in [-0.05, 0) is 23.6 Å².